The van der Waals surface area contributed by atoms with Crippen LogP contribution in [0.25, 0.3) is 10.9 Å². The van der Waals surface area contributed by atoms with E-state index in [-0.39, 0.29) is 11.7 Å². The molecule has 0 unspecified atom stereocenters. The van der Waals surface area contributed by atoms with Gasteiger partial charge in [0.1, 0.15) is 11.5 Å². The van der Waals surface area contributed by atoms with Crippen molar-refractivity contribution >= 4 is 22.5 Å². The maximum Gasteiger partial charge on any atom is 0.272 e. The van der Waals surface area contributed by atoms with Crippen LogP contribution in [0, 0.1) is 26.6 Å². The highest BCUT2D eigenvalue weighted by atomic mass is 19.1. The maximum atomic E-state index is 13.4. The van der Waals surface area contributed by atoms with Crippen molar-refractivity contribution in [1.82, 2.24) is 4.98 Å². The fourth-order valence-electron chi connectivity index (χ4n) is 2.60. The lowest BCUT2D eigenvalue weighted by Crippen LogP contribution is -2.14. The van der Waals surface area contributed by atoms with Crippen molar-refractivity contribution in [2.45, 2.75) is 20.8 Å². The number of nitrogens with one attached hydrogen (secondary N) is 2. The fourth-order valence-corrected chi connectivity index (χ4v) is 2.60. The fraction of sp³-hybridized carbons (Fsp3) is 0.167. The average Bonchev–Trinajstić information content (AvgIpc) is 2.81. The van der Waals surface area contributed by atoms with Crippen LogP contribution in [0.5, 0.6) is 0 Å². The zero-order chi connectivity index (χ0) is 15.9. The minimum absolute atomic E-state index is 0.220. The van der Waals surface area contributed by atoms with E-state index < -0.39 is 0 Å². The number of halogens is 1. The minimum atomic E-state index is -0.309. The Morgan fingerprint density at radius 1 is 1.09 bits per heavy atom. The molecule has 2 N–H and O–H groups in total. The molecule has 2 aromatic carbocycles. The molecule has 0 fully saturated rings. The van der Waals surface area contributed by atoms with Gasteiger partial charge in [0.25, 0.3) is 5.91 Å². The van der Waals surface area contributed by atoms with Crippen LogP contribution in [-0.4, -0.2) is 10.9 Å². The molecule has 3 rings (SSSR count). The number of H-pyrrole nitrogens is 1. The number of aromatic amines is 1. The standard InChI is InChI=1S/C18H17FN2O/c1-10-5-4-6-15(11(10)2)21-18(22)17-12(3)14-9-13(19)7-8-16(14)20-17/h4-9,20H,1-3H3,(H,21,22). The Labute approximate surface area is 128 Å². The minimum Gasteiger partial charge on any atom is -0.350 e. The number of aromatic nitrogens is 1. The number of benzene rings is 2. The predicted octanol–water partition coefficient (Wildman–Crippen LogP) is 4.48. The van der Waals surface area contributed by atoms with Crippen LogP contribution in [0.15, 0.2) is 36.4 Å². The number of hydrogen-bond donors (Lipinski definition) is 2. The third kappa shape index (κ3) is 2.37. The second-order valence-corrected chi connectivity index (χ2v) is 5.52. The van der Waals surface area contributed by atoms with Gasteiger partial charge in [0.05, 0.1) is 0 Å². The SMILES string of the molecule is Cc1cccc(NC(=O)c2[nH]c3ccc(F)cc3c2C)c1C. The summed E-state index contributed by atoms with van der Waals surface area (Å²) in [4.78, 5) is 15.6. The van der Waals surface area contributed by atoms with Crippen molar-refractivity contribution in [2.24, 2.45) is 0 Å². The van der Waals surface area contributed by atoms with Gasteiger partial charge < -0.3 is 10.3 Å². The first-order valence-corrected chi connectivity index (χ1v) is 7.13. The number of carbonyl (C=O) groups excluding carboxylic acids is 1. The van der Waals surface area contributed by atoms with Crippen LogP contribution in [0.1, 0.15) is 27.2 Å². The van der Waals surface area contributed by atoms with Crippen molar-refractivity contribution in [3.63, 3.8) is 0 Å². The largest absolute Gasteiger partial charge is 0.350 e. The van der Waals surface area contributed by atoms with Crippen LogP contribution in [0.4, 0.5) is 10.1 Å². The molecule has 3 aromatic rings. The predicted molar refractivity (Wildman–Crippen MR) is 86.9 cm³/mol. The summed E-state index contributed by atoms with van der Waals surface area (Å²) < 4.78 is 13.4. The highest BCUT2D eigenvalue weighted by molar-refractivity contribution is 6.08. The van der Waals surface area contributed by atoms with Crippen LogP contribution in [0.2, 0.25) is 0 Å². The number of rotatable bonds is 2. The summed E-state index contributed by atoms with van der Waals surface area (Å²) in [5, 5.41) is 3.65. The molecule has 0 saturated heterocycles. The molecule has 112 valence electrons. The van der Waals surface area contributed by atoms with Gasteiger partial charge >= 0.3 is 0 Å². The summed E-state index contributed by atoms with van der Waals surface area (Å²) in [7, 11) is 0. The lowest BCUT2D eigenvalue weighted by molar-refractivity contribution is 0.102. The Balaban J connectivity index is 1.99. The molecule has 0 aliphatic heterocycles. The number of aryl methyl sites for hydroxylation is 2. The highest BCUT2D eigenvalue weighted by Gasteiger charge is 2.16. The lowest BCUT2D eigenvalue weighted by atomic mass is 10.1. The molecule has 0 spiro atoms. The van der Waals surface area contributed by atoms with Crippen molar-refractivity contribution in [2.75, 3.05) is 5.32 Å². The van der Waals surface area contributed by atoms with Crippen molar-refractivity contribution in [3.05, 3.63) is 64.6 Å². The topological polar surface area (TPSA) is 44.9 Å². The molecule has 4 heteroatoms. The van der Waals surface area contributed by atoms with Crippen LogP contribution >= 0.6 is 0 Å². The monoisotopic (exact) mass is 296 g/mol. The van der Waals surface area contributed by atoms with Gasteiger partial charge in [0.15, 0.2) is 0 Å². The normalized spacial score (nSPS) is 10.9. The first kappa shape index (κ1) is 14.3. The number of amides is 1. The number of carbonyl (C=O) groups is 1. The van der Waals surface area contributed by atoms with Gasteiger partial charge in [-0.25, -0.2) is 4.39 Å². The van der Waals surface area contributed by atoms with Crippen LogP contribution in [0.3, 0.4) is 0 Å². The summed E-state index contributed by atoms with van der Waals surface area (Å²) in [6, 6.07) is 10.2. The van der Waals surface area contributed by atoms with Gasteiger partial charge in [-0.15, -0.1) is 0 Å². The molecule has 0 atom stereocenters. The quantitative estimate of drug-likeness (QED) is 0.719. The molecule has 0 aliphatic rings. The van der Waals surface area contributed by atoms with E-state index in [0.29, 0.717) is 5.69 Å². The maximum absolute atomic E-state index is 13.4. The van der Waals surface area contributed by atoms with E-state index in [2.05, 4.69) is 10.3 Å². The first-order valence-electron chi connectivity index (χ1n) is 7.13. The van der Waals surface area contributed by atoms with Gasteiger partial charge in [-0.3, -0.25) is 4.79 Å². The van der Waals surface area contributed by atoms with Gasteiger partial charge in [-0.2, -0.15) is 0 Å². The second kappa shape index (κ2) is 5.30. The summed E-state index contributed by atoms with van der Waals surface area (Å²) in [6.07, 6.45) is 0. The summed E-state index contributed by atoms with van der Waals surface area (Å²) in [6.45, 7) is 5.79. The van der Waals surface area contributed by atoms with Crippen molar-refractivity contribution in [1.29, 1.82) is 0 Å². The highest BCUT2D eigenvalue weighted by Crippen LogP contribution is 2.24. The van der Waals surface area contributed by atoms with Crippen molar-refractivity contribution < 1.29 is 9.18 Å². The van der Waals surface area contributed by atoms with E-state index in [1.807, 2.05) is 39.0 Å². The summed E-state index contributed by atoms with van der Waals surface area (Å²) in [5.41, 5.74) is 4.90. The molecular formula is C18H17FN2O. The van der Waals surface area contributed by atoms with Gasteiger partial charge in [-0.1, -0.05) is 12.1 Å². The molecule has 0 radical (unpaired) electrons. The Kier molecular flexibility index (Phi) is 3.45. The van der Waals surface area contributed by atoms with E-state index in [0.717, 1.165) is 33.3 Å². The van der Waals surface area contributed by atoms with E-state index in [1.54, 1.807) is 6.07 Å². The number of fused-ring (bicyclic) bond motifs is 1. The third-order valence-electron chi connectivity index (χ3n) is 4.10. The van der Waals surface area contributed by atoms with E-state index >= 15 is 0 Å². The molecule has 1 heterocycles. The van der Waals surface area contributed by atoms with Gasteiger partial charge in [-0.05, 0) is 61.7 Å². The number of hydrogen-bond acceptors (Lipinski definition) is 1. The second-order valence-electron chi connectivity index (χ2n) is 5.52. The average molecular weight is 296 g/mol. The smallest absolute Gasteiger partial charge is 0.272 e. The van der Waals surface area contributed by atoms with Crippen LogP contribution < -0.4 is 5.32 Å². The number of anilines is 1. The Hall–Kier alpha value is -2.62. The molecule has 0 aliphatic carbocycles. The molecule has 1 amide bonds. The Bertz CT molecular complexity index is 880. The van der Waals surface area contributed by atoms with Crippen LogP contribution in [-0.2, 0) is 0 Å². The van der Waals surface area contributed by atoms with E-state index in [1.165, 1.54) is 12.1 Å². The van der Waals surface area contributed by atoms with Gasteiger partial charge in [0.2, 0.25) is 0 Å². The molecular weight excluding hydrogens is 279 g/mol. The zero-order valence-corrected chi connectivity index (χ0v) is 12.8. The molecule has 22 heavy (non-hydrogen) atoms. The van der Waals surface area contributed by atoms with E-state index in [9.17, 15) is 9.18 Å². The zero-order valence-electron chi connectivity index (χ0n) is 12.8. The lowest BCUT2D eigenvalue weighted by Gasteiger charge is -2.10. The summed E-state index contributed by atoms with van der Waals surface area (Å²) >= 11 is 0. The molecule has 0 saturated carbocycles. The molecule has 1 aromatic heterocycles. The van der Waals surface area contributed by atoms with E-state index in [4.69, 9.17) is 0 Å². The Morgan fingerprint density at radius 3 is 2.64 bits per heavy atom. The third-order valence-corrected chi connectivity index (χ3v) is 4.10. The molecule has 0 bridgehead atoms. The first-order chi connectivity index (χ1) is 10.5. The Morgan fingerprint density at radius 2 is 1.86 bits per heavy atom. The summed E-state index contributed by atoms with van der Waals surface area (Å²) in [5.74, 6) is -0.529. The van der Waals surface area contributed by atoms with Crippen molar-refractivity contribution in [3.8, 4) is 0 Å². The van der Waals surface area contributed by atoms with Gasteiger partial charge in [0, 0.05) is 16.6 Å². The molecule has 3 nitrogen and oxygen atoms in total.